The number of ether oxygens (including phenoxy) is 1. The third kappa shape index (κ3) is 7.45. The van der Waals surface area contributed by atoms with Crippen molar-refractivity contribution in [1.29, 1.82) is 5.26 Å². The van der Waals surface area contributed by atoms with Crippen molar-refractivity contribution in [2.45, 2.75) is 50.8 Å². The number of fused-ring (bicyclic) bond motifs is 1. The Morgan fingerprint density at radius 1 is 1.28 bits per heavy atom. The lowest BCUT2D eigenvalue weighted by atomic mass is 9.93. The Balaban J connectivity index is 1.40. The van der Waals surface area contributed by atoms with E-state index in [-0.39, 0.29) is 46.8 Å². The number of anilines is 1. The maximum Gasteiger partial charge on any atom is 0.387 e. The first-order valence-electron chi connectivity index (χ1n) is 14.7. The highest BCUT2D eigenvalue weighted by atomic mass is 32.2. The van der Waals surface area contributed by atoms with Crippen molar-refractivity contribution in [1.82, 2.24) is 34.2 Å². The molecule has 0 unspecified atom stereocenters. The van der Waals surface area contributed by atoms with Crippen LogP contribution < -0.4 is 10.1 Å². The van der Waals surface area contributed by atoms with E-state index < -0.39 is 17.9 Å². The average Bonchev–Trinajstić information content (AvgIpc) is 3.65. The molecule has 2 amide bonds. The zero-order valence-electron chi connectivity index (χ0n) is 26.0. The molecule has 1 aromatic carbocycles. The zero-order valence-corrected chi connectivity index (χ0v) is 26.8. The molecule has 15 heteroatoms. The number of nitrogens with one attached hydrogen (secondary N) is 1. The molecule has 46 heavy (non-hydrogen) atoms. The molecular weight excluding hydrogens is 616 g/mol. The quantitative estimate of drug-likeness (QED) is 0.230. The fraction of sp³-hybridized carbons (Fsp3) is 0.419. The summed E-state index contributed by atoms with van der Waals surface area (Å²) < 4.78 is 34.5. The van der Waals surface area contributed by atoms with Crippen molar-refractivity contribution in [3.63, 3.8) is 0 Å². The van der Waals surface area contributed by atoms with Crippen LogP contribution in [0.2, 0.25) is 0 Å². The number of alkyl halides is 2. The lowest BCUT2D eigenvalue weighted by molar-refractivity contribution is -0.133. The molecule has 1 fully saturated rings. The highest BCUT2D eigenvalue weighted by Gasteiger charge is 2.29. The summed E-state index contributed by atoms with van der Waals surface area (Å²) in [5, 5.41) is 21.0. The van der Waals surface area contributed by atoms with Crippen molar-refractivity contribution < 1.29 is 23.1 Å². The minimum absolute atomic E-state index is 0.122. The third-order valence-corrected chi connectivity index (χ3v) is 8.60. The summed E-state index contributed by atoms with van der Waals surface area (Å²) in [5.41, 5.74) is 0.660. The van der Waals surface area contributed by atoms with Gasteiger partial charge in [-0.15, -0.1) is 11.8 Å². The Morgan fingerprint density at radius 3 is 2.74 bits per heavy atom. The van der Waals surface area contributed by atoms with Gasteiger partial charge in [0.1, 0.15) is 23.6 Å². The van der Waals surface area contributed by atoms with Crippen LogP contribution in [0, 0.1) is 16.7 Å². The van der Waals surface area contributed by atoms with Crippen LogP contribution in [0.4, 0.5) is 14.5 Å². The number of thioether (sulfide) groups is 1. The summed E-state index contributed by atoms with van der Waals surface area (Å²) >= 11 is 1.40. The van der Waals surface area contributed by atoms with Gasteiger partial charge in [-0.2, -0.15) is 24.2 Å². The van der Waals surface area contributed by atoms with Gasteiger partial charge in [-0.25, -0.2) is 9.50 Å². The predicted molar refractivity (Wildman–Crippen MR) is 169 cm³/mol. The number of piperidine rings is 1. The number of hydrogen-bond donors (Lipinski definition) is 1. The topological polar surface area (TPSA) is 134 Å². The third-order valence-electron chi connectivity index (χ3n) is 7.88. The molecule has 0 atom stereocenters. The number of hydrogen-bond acceptors (Lipinski definition) is 9. The Bertz CT molecular complexity index is 1760. The molecular formula is C31H35F2N9O3S. The van der Waals surface area contributed by atoms with Crippen LogP contribution in [-0.4, -0.2) is 91.6 Å². The molecule has 3 aromatic heterocycles. The molecule has 0 bridgehead atoms. The largest absolute Gasteiger partial charge is 0.434 e. The SMILES string of the molecule is CSc1ccc(OC(F)F)c(-c2nn(CC(=O)N3CCC(N(C)CC(C)(C)C#N)CC3)cc2NC(=O)c2cnn3cccnc23)c1. The number of carbonyl (C=O) groups is 2. The van der Waals surface area contributed by atoms with Crippen LogP contribution in [-0.2, 0) is 11.3 Å². The van der Waals surface area contributed by atoms with E-state index in [0.29, 0.717) is 25.3 Å². The number of nitrogens with zero attached hydrogens (tertiary/aromatic N) is 8. The zero-order chi connectivity index (χ0) is 33.0. The van der Waals surface area contributed by atoms with Crippen LogP contribution in [0.15, 0.2) is 53.9 Å². The minimum Gasteiger partial charge on any atom is -0.434 e. The normalized spacial score (nSPS) is 14.2. The summed E-state index contributed by atoms with van der Waals surface area (Å²) in [6, 6.07) is 9.00. The number of rotatable bonds is 11. The van der Waals surface area contributed by atoms with E-state index in [0.717, 1.165) is 17.7 Å². The maximum atomic E-state index is 13.4. The van der Waals surface area contributed by atoms with Gasteiger partial charge in [0.05, 0.1) is 23.4 Å². The number of halogens is 2. The number of carbonyl (C=O) groups excluding carboxylic acids is 2. The lowest BCUT2D eigenvalue weighted by Gasteiger charge is -2.38. The molecule has 1 saturated heterocycles. The predicted octanol–water partition coefficient (Wildman–Crippen LogP) is 4.64. The van der Waals surface area contributed by atoms with Gasteiger partial charge in [0, 0.05) is 54.7 Å². The average molecular weight is 652 g/mol. The van der Waals surface area contributed by atoms with Gasteiger partial charge in [-0.3, -0.25) is 14.3 Å². The molecule has 1 N–H and O–H groups in total. The molecule has 0 radical (unpaired) electrons. The van der Waals surface area contributed by atoms with Crippen LogP contribution >= 0.6 is 11.8 Å². The van der Waals surface area contributed by atoms with E-state index in [1.807, 2.05) is 27.2 Å². The van der Waals surface area contributed by atoms with E-state index >= 15 is 0 Å². The van der Waals surface area contributed by atoms with Gasteiger partial charge >= 0.3 is 6.61 Å². The molecule has 12 nitrogen and oxygen atoms in total. The number of likely N-dealkylation sites (tertiary alicyclic amines) is 1. The van der Waals surface area contributed by atoms with Crippen molar-refractivity contribution in [3.05, 3.63) is 54.6 Å². The molecule has 242 valence electrons. The number of aromatic nitrogens is 5. The first-order valence-corrected chi connectivity index (χ1v) is 15.9. The maximum absolute atomic E-state index is 13.4. The minimum atomic E-state index is -3.08. The van der Waals surface area contributed by atoms with Crippen molar-refractivity contribution in [2.75, 3.05) is 38.3 Å². The fourth-order valence-electron chi connectivity index (χ4n) is 5.57. The monoisotopic (exact) mass is 651 g/mol. The van der Waals surface area contributed by atoms with E-state index in [1.165, 1.54) is 39.4 Å². The van der Waals surface area contributed by atoms with E-state index in [4.69, 9.17) is 4.74 Å². The van der Waals surface area contributed by atoms with Crippen molar-refractivity contribution in [3.8, 4) is 23.1 Å². The lowest BCUT2D eigenvalue weighted by Crippen LogP contribution is -2.48. The van der Waals surface area contributed by atoms with Crippen LogP contribution in [0.1, 0.15) is 37.0 Å². The molecule has 5 rings (SSSR count). The molecule has 4 aromatic rings. The molecule has 0 aliphatic carbocycles. The summed E-state index contributed by atoms with van der Waals surface area (Å²) in [7, 11) is 2.00. The smallest absolute Gasteiger partial charge is 0.387 e. The van der Waals surface area contributed by atoms with Gasteiger partial charge in [0.2, 0.25) is 5.91 Å². The van der Waals surface area contributed by atoms with Gasteiger partial charge in [0.25, 0.3) is 5.91 Å². The highest BCUT2D eigenvalue weighted by Crippen LogP contribution is 2.38. The second-order valence-electron chi connectivity index (χ2n) is 11.8. The van der Waals surface area contributed by atoms with Gasteiger partial charge < -0.3 is 19.9 Å². The number of nitriles is 1. The van der Waals surface area contributed by atoms with E-state index in [1.54, 1.807) is 35.5 Å². The van der Waals surface area contributed by atoms with Crippen molar-refractivity contribution in [2.24, 2.45) is 5.41 Å². The molecule has 4 heterocycles. The highest BCUT2D eigenvalue weighted by molar-refractivity contribution is 7.98. The van der Waals surface area contributed by atoms with Crippen LogP contribution in [0.3, 0.4) is 0 Å². The summed E-state index contributed by atoms with van der Waals surface area (Å²) in [6.07, 6.45) is 9.46. The van der Waals surface area contributed by atoms with Crippen molar-refractivity contribution >= 4 is 34.9 Å². The number of benzene rings is 1. The van der Waals surface area contributed by atoms with Gasteiger partial charge in [-0.05, 0) is 64.3 Å². The first kappa shape index (κ1) is 32.8. The Kier molecular flexibility index (Phi) is 9.88. The summed E-state index contributed by atoms with van der Waals surface area (Å²) in [4.78, 5) is 35.8. The molecule has 1 aliphatic heterocycles. The molecule has 0 spiro atoms. The molecule has 1 aliphatic rings. The second kappa shape index (κ2) is 13.8. The van der Waals surface area contributed by atoms with E-state index in [9.17, 15) is 23.6 Å². The molecule has 0 saturated carbocycles. The Hall–Kier alpha value is -4.55. The summed E-state index contributed by atoms with van der Waals surface area (Å²) in [5.74, 6) is -0.827. The van der Waals surface area contributed by atoms with Crippen LogP contribution in [0.25, 0.3) is 16.9 Å². The standard InChI is InChI=1S/C31H35F2N9O3S/c1-31(2,18-34)19-39(3)20-8-12-40(13-9-20)26(43)17-41-16-24(37-29(44)23-15-36-42-11-5-10-35-28(23)42)27(38-41)22-14-21(46-4)6-7-25(22)45-30(32)33/h5-7,10-11,14-16,20,30H,8-9,12-13,17,19H2,1-4H3,(H,37,44). The second-order valence-corrected chi connectivity index (χ2v) is 12.6. The van der Waals surface area contributed by atoms with E-state index in [2.05, 4.69) is 31.5 Å². The fourth-order valence-corrected chi connectivity index (χ4v) is 6.01. The number of amides is 2. The van der Waals surface area contributed by atoms with Crippen LogP contribution in [0.5, 0.6) is 5.75 Å². The Morgan fingerprint density at radius 2 is 2.04 bits per heavy atom. The first-order chi connectivity index (χ1) is 22.0. The van der Waals surface area contributed by atoms with Gasteiger partial charge in [0.15, 0.2) is 5.65 Å². The summed E-state index contributed by atoms with van der Waals surface area (Å²) in [6.45, 7) is 2.32. The Labute approximate surface area is 269 Å². The van der Waals surface area contributed by atoms with Gasteiger partial charge in [-0.1, -0.05) is 0 Å².